The van der Waals surface area contributed by atoms with Crippen LogP contribution in [0.1, 0.15) is 10.4 Å². The van der Waals surface area contributed by atoms with Crippen molar-refractivity contribution in [3.63, 3.8) is 0 Å². The van der Waals surface area contributed by atoms with Gasteiger partial charge >= 0.3 is 0 Å². The molecule has 0 saturated carbocycles. The zero-order valence-electron chi connectivity index (χ0n) is 8.88. The molecule has 0 radical (unpaired) electrons. The third kappa shape index (κ3) is 2.46. The Morgan fingerprint density at radius 3 is 2.89 bits per heavy atom. The minimum absolute atomic E-state index is 0.0343. The third-order valence-electron chi connectivity index (χ3n) is 2.16. The van der Waals surface area contributed by atoms with Crippen molar-refractivity contribution in [3.8, 4) is 0 Å². The number of aromatic nitrogens is 2. The van der Waals surface area contributed by atoms with E-state index in [-0.39, 0.29) is 16.3 Å². The molecule has 8 heteroatoms. The molecule has 92 valence electrons. The predicted molar refractivity (Wildman–Crippen MR) is 64.6 cm³/mol. The fraction of sp³-hybridized carbons (Fsp3) is 0. The van der Waals surface area contributed by atoms with Crippen LogP contribution < -0.4 is 5.32 Å². The van der Waals surface area contributed by atoms with Crippen LogP contribution in [0.4, 0.5) is 11.4 Å². The number of hydrogen-bond donors (Lipinski definition) is 2. The minimum Gasteiger partial charge on any atom is -0.319 e. The van der Waals surface area contributed by atoms with E-state index in [1.54, 1.807) is 0 Å². The SMILES string of the molecule is O=C(Nc1cn[nH]c1)c1cc([N+](=O)[O-])ccc1Cl. The van der Waals surface area contributed by atoms with Crippen molar-refractivity contribution in [1.82, 2.24) is 10.2 Å². The maximum atomic E-state index is 11.8. The lowest BCUT2D eigenvalue weighted by molar-refractivity contribution is -0.384. The zero-order valence-corrected chi connectivity index (χ0v) is 9.64. The van der Waals surface area contributed by atoms with Gasteiger partial charge in [-0.15, -0.1) is 0 Å². The van der Waals surface area contributed by atoms with E-state index in [2.05, 4.69) is 15.5 Å². The second-order valence-electron chi connectivity index (χ2n) is 3.36. The van der Waals surface area contributed by atoms with Gasteiger partial charge in [0.05, 0.1) is 27.4 Å². The minimum atomic E-state index is -0.592. The number of nitro groups is 1. The van der Waals surface area contributed by atoms with Crippen molar-refractivity contribution in [2.24, 2.45) is 0 Å². The fourth-order valence-corrected chi connectivity index (χ4v) is 1.52. The number of hydrogen-bond acceptors (Lipinski definition) is 4. The smallest absolute Gasteiger partial charge is 0.270 e. The van der Waals surface area contributed by atoms with Gasteiger partial charge in [0.2, 0.25) is 0 Å². The number of nitrogens with one attached hydrogen (secondary N) is 2. The Balaban J connectivity index is 2.29. The van der Waals surface area contributed by atoms with Gasteiger partial charge in [0.1, 0.15) is 0 Å². The van der Waals surface area contributed by atoms with Crippen LogP contribution in [0, 0.1) is 10.1 Å². The van der Waals surface area contributed by atoms with E-state index in [9.17, 15) is 14.9 Å². The van der Waals surface area contributed by atoms with Gasteiger partial charge < -0.3 is 5.32 Å². The summed E-state index contributed by atoms with van der Waals surface area (Å²) >= 11 is 5.83. The number of carbonyl (C=O) groups excluding carboxylic acids is 1. The van der Waals surface area contributed by atoms with E-state index in [1.807, 2.05) is 0 Å². The molecule has 0 aliphatic heterocycles. The molecule has 2 aromatic rings. The molecule has 0 unspecified atom stereocenters. The highest BCUT2D eigenvalue weighted by atomic mass is 35.5. The van der Waals surface area contributed by atoms with Crippen LogP contribution in [-0.4, -0.2) is 21.0 Å². The number of nitro benzene ring substituents is 1. The van der Waals surface area contributed by atoms with Gasteiger partial charge in [-0.05, 0) is 6.07 Å². The highest BCUT2D eigenvalue weighted by Gasteiger charge is 2.16. The number of halogens is 1. The number of non-ortho nitro benzene ring substituents is 1. The van der Waals surface area contributed by atoms with Crippen molar-refractivity contribution >= 4 is 28.9 Å². The van der Waals surface area contributed by atoms with Gasteiger partial charge in [0.15, 0.2) is 0 Å². The Morgan fingerprint density at radius 2 is 2.28 bits per heavy atom. The molecule has 0 fully saturated rings. The molecule has 18 heavy (non-hydrogen) atoms. The van der Waals surface area contributed by atoms with E-state index in [0.29, 0.717) is 5.69 Å². The van der Waals surface area contributed by atoms with E-state index in [4.69, 9.17) is 11.6 Å². The summed E-state index contributed by atoms with van der Waals surface area (Å²) in [5, 5.41) is 19.4. The lowest BCUT2D eigenvalue weighted by Gasteiger charge is -2.04. The number of benzene rings is 1. The van der Waals surface area contributed by atoms with Crippen LogP contribution in [0.5, 0.6) is 0 Å². The molecule has 1 aromatic carbocycles. The molecule has 0 aliphatic carbocycles. The Bertz CT molecular complexity index is 597. The highest BCUT2D eigenvalue weighted by Crippen LogP contribution is 2.22. The van der Waals surface area contributed by atoms with Crippen molar-refractivity contribution in [2.45, 2.75) is 0 Å². The molecule has 0 bridgehead atoms. The Kier molecular flexibility index (Phi) is 3.24. The number of amides is 1. The van der Waals surface area contributed by atoms with E-state index in [1.165, 1.54) is 24.5 Å². The number of H-pyrrole nitrogens is 1. The van der Waals surface area contributed by atoms with Crippen LogP contribution >= 0.6 is 11.6 Å². The van der Waals surface area contributed by atoms with Crippen LogP contribution in [0.25, 0.3) is 0 Å². The average molecular weight is 267 g/mol. The van der Waals surface area contributed by atoms with Crippen LogP contribution in [0.3, 0.4) is 0 Å². The van der Waals surface area contributed by atoms with Crippen LogP contribution in [0.2, 0.25) is 5.02 Å². The van der Waals surface area contributed by atoms with E-state index >= 15 is 0 Å². The third-order valence-corrected chi connectivity index (χ3v) is 2.49. The summed E-state index contributed by atoms with van der Waals surface area (Å²) in [5.74, 6) is -0.537. The molecule has 0 atom stereocenters. The number of aromatic amines is 1. The first-order chi connectivity index (χ1) is 8.58. The van der Waals surface area contributed by atoms with Crippen LogP contribution in [0.15, 0.2) is 30.6 Å². The summed E-state index contributed by atoms with van der Waals surface area (Å²) in [6.07, 6.45) is 2.88. The number of nitrogens with zero attached hydrogens (tertiary/aromatic N) is 2. The summed E-state index contributed by atoms with van der Waals surface area (Å²) < 4.78 is 0. The van der Waals surface area contributed by atoms with Gasteiger partial charge in [-0.3, -0.25) is 20.0 Å². The molecule has 1 aromatic heterocycles. The maximum absolute atomic E-state index is 11.8. The van der Waals surface area contributed by atoms with Crippen molar-refractivity contribution in [3.05, 3.63) is 51.3 Å². The molecule has 7 nitrogen and oxygen atoms in total. The van der Waals surface area contributed by atoms with Crippen molar-refractivity contribution < 1.29 is 9.72 Å². The maximum Gasteiger partial charge on any atom is 0.270 e. The van der Waals surface area contributed by atoms with Gasteiger partial charge in [0, 0.05) is 18.3 Å². The Labute approximate surface area is 106 Å². The fourth-order valence-electron chi connectivity index (χ4n) is 1.32. The normalized spacial score (nSPS) is 10.1. The first-order valence-corrected chi connectivity index (χ1v) is 5.20. The zero-order chi connectivity index (χ0) is 13.1. The molecule has 2 rings (SSSR count). The number of carbonyl (C=O) groups is 1. The number of rotatable bonds is 3. The monoisotopic (exact) mass is 266 g/mol. The molecule has 0 spiro atoms. The van der Waals surface area contributed by atoms with E-state index in [0.717, 1.165) is 6.07 Å². The molecule has 1 amide bonds. The van der Waals surface area contributed by atoms with Crippen molar-refractivity contribution in [2.75, 3.05) is 5.32 Å². The topological polar surface area (TPSA) is 101 Å². The lowest BCUT2D eigenvalue weighted by Crippen LogP contribution is -2.12. The predicted octanol–water partition coefficient (Wildman–Crippen LogP) is 2.22. The average Bonchev–Trinajstić information content (AvgIpc) is 2.81. The van der Waals surface area contributed by atoms with Crippen LogP contribution in [-0.2, 0) is 0 Å². The molecular weight excluding hydrogens is 260 g/mol. The van der Waals surface area contributed by atoms with Crippen molar-refractivity contribution in [1.29, 1.82) is 0 Å². The molecule has 0 saturated heterocycles. The summed E-state index contributed by atoms with van der Waals surface area (Å²) in [6.45, 7) is 0. The van der Waals surface area contributed by atoms with Gasteiger partial charge in [0.25, 0.3) is 11.6 Å². The first-order valence-electron chi connectivity index (χ1n) is 4.82. The summed E-state index contributed by atoms with van der Waals surface area (Å²) in [4.78, 5) is 21.9. The largest absolute Gasteiger partial charge is 0.319 e. The Hall–Kier alpha value is -2.41. The number of anilines is 1. The quantitative estimate of drug-likeness (QED) is 0.657. The standard InChI is InChI=1S/C10H7ClN4O3/c11-9-2-1-7(15(17)18)3-8(9)10(16)14-6-4-12-13-5-6/h1-5H,(H,12,13)(H,14,16). The second-order valence-corrected chi connectivity index (χ2v) is 3.77. The Morgan fingerprint density at radius 1 is 1.50 bits per heavy atom. The summed E-state index contributed by atoms with van der Waals surface area (Å²) in [6, 6.07) is 3.67. The van der Waals surface area contributed by atoms with Gasteiger partial charge in [-0.2, -0.15) is 5.10 Å². The second kappa shape index (κ2) is 4.84. The molecule has 0 aliphatic rings. The lowest BCUT2D eigenvalue weighted by atomic mass is 10.2. The molecular formula is C10H7ClN4O3. The van der Waals surface area contributed by atoms with Gasteiger partial charge in [-0.1, -0.05) is 11.6 Å². The highest BCUT2D eigenvalue weighted by molar-refractivity contribution is 6.34. The summed E-state index contributed by atoms with van der Waals surface area (Å²) in [5.41, 5.74) is 0.284. The first kappa shape index (κ1) is 12.1. The van der Waals surface area contributed by atoms with Gasteiger partial charge in [-0.25, -0.2) is 0 Å². The molecule has 1 heterocycles. The van der Waals surface area contributed by atoms with E-state index < -0.39 is 10.8 Å². The summed E-state index contributed by atoms with van der Waals surface area (Å²) in [7, 11) is 0. The molecule has 2 N–H and O–H groups in total.